The van der Waals surface area contributed by atoms with Crippen LogP contribution >= 0.6 is 39.1 Å². The lowest BCUT2D eigenvalue weighted by atomic mass is 10.1. The first-order valence-corrected chi connectivity index (χ1v) is 7.34. The normalized spacial score (nSPS) is 12.2. The molecule has 2 rings (SSSR count). The standard InChI is InChI=1S/C14H11BrCl2FNO/c15-9-3-1-2-8(4-9)13(20)7-19-14-11(16)5-10(18)6-12(14)17/h1-6,13,19-20H,7H2. The molecule has 2 aromatic rings. The van der Waals surface area contributed by atoms with Gasteiger partial charge in [0, 0.05) is 11.0 Å². The van der Waals surface area contributed by atoms with Crippen molar-refractivity contribution < 1.29 is 9.50 Å². The van der Waals surface area contributed by atoms with Crippen LogP contribution < -0.4 is 5.32 Å². The van der Waals surface area contributed by atoms with Crippen molar-refractivity contribution in [1.82, 2.24) is 0 Å². The number of aliphatic hydroxyl groups is 1. The highest BCUT2D eigenvalue weighted by atomic mass is 79.9. The SMILES string of the molecule is OC(CNc1c(Cl)cc(F)cc1Cl)c1cccc(Br)c1. The number of hydrogen-bond donors (Lipinski definition) is 2. The van der Waals surface area contributed by atoms with Gasteiger partial charge in [0.05, 0.1) is 21.8 Å². The molecule has 0 saturated heterocycles. The van der Waals surface area contributed by atoms with Gasteiger partial charge < -0.3 is 10.4 Å². The zero-order valence-corrected chi connectivity index (χ0v) is 13.3. The first-order valence-electron chi connectivity index (χ1n) is 5.79. The monoisotopic (exact) mass is 377 g/mol. The van der Waals surface area contributed by atoms with Crippen LogP contribution in [0.3, 0.4) is 0 Å². The van der Waals surface area contributed by atoms with Gasteiger partial charge in [0.1, 0.15) is 5.82 Å². The van der Waals surface area contributed by atoms with Crippen LogP contribution in [0.1, 0.15) is 11.7 Å². The second kappa shape index (κ2) is 6.76. The molecule has 0 bridgehead atoms. The Morgan fingerprint density at radius 2 is 1.85 bits per heavy atom. The molecule has 0 heterocycles. The molecule has 0 amide bonds. The number of aliphatic hydroxyl groups excluding tert-OH is 1. The molecule has 0 saturated carbocycles. The Bertz CT molecular complexity index is 601. The average molecular weight is 379 g/mol. The number of rotatable bonds is 4. The molecule has 0 radical (unpaired) electrons. The highest BCUT2D eigenvalue weighted by molar-refractivity contribution is 9.10. The van der Waals surface area contributed by atoms with Crippen molar-refractivity contribution in [3.05, 3.63) is 62.3 Å². The van der Waals surface area contributed by atoms with Crippen LogP contribution in [0.4, 0.5) is 10.1 Å². The minimum atomic E-state index is -0.732. The summed E-state index contributed by atoms with van der Waals surface area (Å²) in [5.41, 5.74) is 1.16. The number of hydrogen-bond acceptors (Lipinski definition) is 2. The van der Waals surface area contributed by atoms with Gasteiger partial charge in [-0.3, -0.25) is 0 Å². The van der Waals surface area contributed by atoms with Gasteiger partial charge in [-0.1, -0.05) is 51.3 Å². The van der Waals surface area contributed by atoms with Crippen molar-refractivity contribution in [2.24, 2.45) is 0 Å². The Morgan fingerprint density at radius 3 is 2.45 bits per heavy atom. The van der Waals surface area contributed by atoms with E-state index >= 15 is 0 Å². The predicted molar refractivity (Wildman–Crippen MR) is 84.0 cm³/mol. The molecule has 6 heteroatoms. The van der Waals surface area contributed by atoms with E-state index in [0.29, 0.717) is 5.69 Å². The summed E-state index contributed by atoms with van der Waals surface area (Å²) >= 11 is 15.2. The molecular formula is C14H11BrCl2FNO. The minimum Gasteiger partial charge on any atom is -0.387 e. The molecule has 20 heavy (non-hydrogen) atoms. The van der Waals surface area contributed by atoms with Crippen molar-refractivity contribution in [3.8, 4) is 0 Å². The van der Waals surface area contributed by atoms with E-state index in [1.807, 2.05) is 24.3 Å². The van der Waals surface area contributed by atoms with Gasteiger partial charge in [-0.05, 0) is 29.8 Å². The Morgan fingerprint density at radius 1 is 1.20 bits per heavy atom. The zero-order valence-electron chi connectivity index (χ0n) is 10.2. The van der Waals surface area contributed by atoms with Crippen LogP contribution in [0, 0.1) is 5.82 Å². The quantitative estimate of drug-likeness (QED) is 0.780. The molecule has 2 nitrogen and oxygen atoms in total. The maximum atomic E-state index is 13.1. The summed E-state index contributed by atoms with van der Waals surface area (Å²) in [5, 5.41) is 13.4. The van der Waals surface area contributed by atoms with Crippen LogP contribution in [0.25, 0.3) is 0 Å². The topological polar surface area (TPSA) is 32.3 Å². The van der Waals surface area contributed by atoms with Crippen molar-refractivity contribution >= 4 is 44.8 Å². The summed E-state index contributed by atoms with van der Waals surface area (Å²) in [5.74, 6) is -0.502. The molecule has 0 aromatic heterocycles. The lowest BCUT2D eigenvalue weighted by Crippen LogP contribution is -2.12. The Kier molecular flexibility index (Phi) is 5.27. The van der Waals surface area contributed by atoms with Gasteiger partial charge in [-0.15, -0.1) is 0 Å². The van der Waals surface area contributed by atoms with E-state index in [1.54, 1.807) is 0 Å². The van der Waals surface area contributed by atoms with E-state index in [4.69, 9.17) is 23.2 Å². The van der Waals surface area contributed by atoms with E-state index < -0.39 is 11.9 Å². The number of anilines is 1. The molecular weight excluding hydrogens is 368 g/mol. The predicted octanol–water partition coefficient (Wildman–Crippen LogP) is 5.04. The Labute approximate surface area is 134 Å². The molecule has 2 N–H and O–H groups in total. The molecule has 0 aliphatic carbocycles. The Hall–Kier alpha value is -0.810. The minimum absolute atomic E-state index is 0.177. The summed E-state index contributed by atoms with van der Waals surface area (Å²) in [6, 6.07) is 9.67. The third-order valence-electron chi connectivity index (χ3n) is 2.71. The molecule has 0 fully saturated rings. The fourth-order valence-electron chi connectivity index (χ4n) is 1.74. The summed E-state index contributed by atoms with van der Waals surface area (Å²) in [6.45, 7) is 0.210. The number of benzene rings is 2. The average Bonchev–Trinajstić information content (AvgIpc) is 2.37. The molecule has 1 atom stereocenters. The first kappa shape index (κ1) is 15.6. The summed E-state index contributed by atoms with van der Waals surface area (Å²) < 4.78 is 13.9. The highest BCUT2D eigenvalue weighted by Gasteiger charge is 2.12. The number of halogens is 4. The van der Waals surface area contributed by atoms with Crippen molar-refractivity contribution in [3.63, 3.8) is 0 Å². The van der Waals surface area contributed by atoms with E-state index in [9.17, 15) is 9.50 Å². The largest absolute Gasteiger partial charge is 0.387 e. The van der Waals surface area contributed by atoms with Gasteiger partial charge in [-0.2, -0.15) is 0 Å². The van der Waals surface area contributed by atoms with E-state index in [0.717, 1.165) is 10.0 Å². The van der Waals surface area contributed by atoms with Gasteiger partial charge in [-0.25, -0.2) is 4.39 Å². The summed E-state index contributed by atoms with van der Waals surface area (Å²) in [7, 11) is 0. The first-order chi connectivity index (χ1) is 9.47. The van der Waals surface area contributed by atoms with Gasteiger partial charge in [0.2, 0.25) is 0 Å². The lowest BCUT2D eigenvalue weighted by molar-refractivity contribution is 0.191. The van der Waals surface area contributed by atoms with Crippen LogP contribution in [0.15, 0.2) is 40.9 Å². The van der Waals surface area contributed by atoms with Gasteiger partial charge in [0.25, 0.3) is 0 Å². The van der Waals surface area contributed by atoms with Crippen LogP contribution in [-0.2, 0) is 0 Å². The fourth-order valence-corrected chi connectivity index (χ4v) is 2.75. The third-order valence-corrected chi connectivity index (χ3v) is 3.80. The summed E-state index contributed by atoms with van der Waals surface area (Å²) in [4.78, 5) is 0. The van der Waals surface area contributed by atoms with Crippen molar-refractivity contribution in [1.29, 1.82) is 0 Å². The molecule has 2 aromatic carbocycles. The van der Waals surface area contributed by atoms with E-state index in [-0.39, 0.29) is 16.6 Å². The maximum Gasteiger partial charge on any atom is 0.126 e. The fraction of sp³-hybridized carbons (Fsp3) is 0.143. The van der Waals surface area contributed by atoms with Crippen molar-refractivity contribution in [2.45, 2.75) is 6.10 Å². The van der Waals surface area contributed by atoms with Crippen LogP contribution in [0.2, 0.25) is 10.0 Å². The Balaban J connectivity index is 2.09. The smallest absolute Gasteiger partial charge is 0.126 e. The highest BCUT2D eigenvalue weighted by Crippen LogP contribution is 2.32. The number of nitrogens with one attached hydrogen (secondary N) is 1. The summed E-state index contributed by atoms with van der Waals surface area (Å²) in [6.07, 6.45) is -0.732. The lowest BCUT2D eigenvalue weighted by Gasteiger charge is -2.15. The second-order valence-corrected chi connectivity index (χ2v) is 5.93. The van der Waals surface area contributed by atoms with Crippen molar-refractivity contribution in [2.75, 3.05) is 11.9 Å². The molecule has 0 aliphatic heterocycles. The van der Waals surface area contributed by atoms with Crippen LogP contribution in [-0.4, -0.2) is 11.7 Å². The molecule has 0 aliphatic rings. The molecule has 0 spiro atoms. The van der Waals surface area contributed by atoms with Gasteiger partial charge in [0.15, 0.2) is 0 Å². The van der Waals surface area contributed by atoms with E-state index in [1.165, 1.54) is 12.1 Å². The van der Waals surface area contributed by atoms with E-state index in [2.05, 4.69) is 21.2 Å². The maximum absolute atomic E-state index is 13.1. The second-order valence-electron chi connectivity index (χ2n) is 4.20. The van der Waals surface area contributed by atoms with Crippen LogP contribution in [0.5, 0.6) is 0 Å². The molecule has 106 valence electrons. The third kappa shape index (κ3) is 3.85. The molecule has 1 unspecified atom stereocenters. The van der Waals surface area contributed by atoms with Gasteiger partial charge >= 0.3 is 0 Å². The zero-order chi connectivity index (χ0) is 14.7.